The van der Waals surface area contributed by atoms with E-state index in [1.165, 1.54) is 12.1 Å². The van der Waals surface area contributed by atoms with Crippen LogP contribution in [0.15, 0.2) is 18.2 Å². The Hall–Kier alpha value is -0.740. The fraction of sp³-hybridized carbons (Fsp3) is 0.538. The van der Waals surface area contributed by atoms with Gasteiger partial charge in [-0.05, 0) is 37.3 Å². The first-order valence-corrected chi connectivity index (χ1v) is 6.94. The minimum Gasteiger partial charge on any atom is -0.486 e. The van der Waals surface area contributed by atoms with Gasteiger partial charge in [0.2, 0.25) is 0 Å². The first-order valence-electron chi connectivity index (χ1n) is 5.89. The standard InChI is InChI=1S/C13H15FO2S/c1-8-13(4-5-17-8)7-11(15)10-6-9(14)2-3-12(10)16-13/h2-3,6,8,11,15H,4-5,7H2,1H3. The molecular weight excluding hydrogens is 239 g/mol. The molecule has 17 heavy (non-hydrogen) atoms. The monoisotopic (exact) mass is 254 g/mol. The summed E-state index contributed by atoms with van der Waals surface area (Å²) in [5, 5.41) is 10.5. The average Bonchev–Trinajstić information content (AvgIpc) is 2.62. The van der Waals surface area contributed by atoms with Crippen molar-refractivity contribution >= 4 is 11.8 Å². The summed E-state index contributed by atoms with van der Waals surface area (Å²) in [5.41, 5.74) is 0.314. The van der Waals surface area contributed by atoms with Crippen LogP contribution in [-0.4, -0.2) is 21.7 Å². The number of hydrogen-bond donors (Lipinski definition) is 1. The number of hydrogen-bond acceptors (Lipinski definition) is 3. The fourth-order valence-electron chi connectivity index (χ4n) is 2.74. The van der Waals surface area contributed by atoms with Crippen molar-refractivity contribution < 1.29 is 14.2 Å². The minimum atomic E-state index is -0.615. The molecule has 3 atom stereocenters. The molecule has 3 rings (SSSR count). The first-order chi connectivity index (χ1) is 8.11. The van der Waals surface area contributed by atoms with Gasteiger partial charge in [-0.1, -0.05) is 0 Å². The van der Waals surface area contributed by atoms with Gasteiger partial charge in [-0.25, -0.2) is 4.39 Å². The van der Waals surface area contributed by atoms with Gasteiger partial charge in [-0.3, -0.25) is 0 Å². The maximum atomic E-state index is 13.1. The third-order valence-electron chi connectivity index (χ3n) is 3.82. The zero-order valence-electron chi connectivity index (χ0n) is 9.65. The summed E-state index contributed by atoms with van der Waals surface area (Å²) in [6.45, 7) is 2.14. The summed E-state index contributed by atoms with van der Waals surface area (Å²) in [4.78, 5) is 0. The predicted octanol–water partition coefficient (Wildman–Crippen LogP) is 2.91. The Morgan fingerprint density at radius 3 is 3.06 bits per heavy atom. The number of ether oxygens (including phenoxy) is 1. The Morgan fingerprint density at radius 1 is 1.53 bits per heavy atom. The predicted molar refractivity (Wildman–Crippen MR) is 65.9 cm³/mol. The van der Waals surface area contributed by atoms with Crippen LogP contribution >= 0.6 is 11.8 Å². The van der Waals surface area contributed by atoms with E-state index in [-0.39, 0.29) is 11.4 Å². The molecule has 2 nitrogen and oxygen atoms in total. The highest BCUT2D eigenvalue weighted by molar-refractivity contribution is 8.00. The van der Waals surface area contributed by atoms with Crippen molar-refractivity contribution in [3.8, 4) is 5.75 Å². The van der Waals surface area contributed by atoms with Crippen LogP contribution in [0.25, 0.3) is 0 Å². The highest BCUT2D eigenvalue weighted by Gasteiger charge is 2.48. The number of halogens is 1. The molecule has 0 radical (unpaired) electrons. The summed E-state index contributed by atoms with van der Waals surface area (Å²) >= 11 is 1.87. The molecule has 1 N–H and O–H groups in total. The molecule has 0 aromatic heterocycles. The van der Waals surface area contributed by atoms with E-state index in [1.807, 2.05) is 11.8 Å². The number of aliphatic hydroxyl groups excluding tert-OH is 1. The summed E-state index contributed by atoms with van der Waals surface area (Å²) in [6.07, 6.45) is 0.903. The number of thioether (sulfide) groups is 1. The molecule has 2 heterocycles. The van der Waals surface area contributed by atoms with Gasteiger partial charge < -0.3 is 9.84 Å². The lowest BCUT2D eigenvalue weighted by Gasteiger charge is -2.40. The Bertz CT molecular complexity index is 451. The van der Waals surface area contributed by atoms with E-state index in [0.717, 1.165) is 12.2 Å². The lowest BCUT2D eigenvalue weighted by atomic mass is 9.85. The molecule has 0 bridgehead atoms. The fourth-order valence-corrected chi connectivity index (χ4v) is 4.12. The molecule has 4 heteroatoms. The zero-order valence-corrected chi connectivity index (χ0v) is 10.5. The summed E-state index contributed by atoms with van der Waals surface area (Å²) < 4.78 is 19.2. The van der Waals surface area contributed by atoms with Gasteiger partial charge in [0.15, 0.2) is 0 Å². The molecule has 92 valence electrons. The Kier molecular flexibility index (Phi) is 2.60. The lowest BCUT2D eigenvalue weighted by molar-refractivity contribution is -0.0105. The van der Waals surface area contributed by atoms with E-state index in [2.05, 4.69) is 6.92 Å². The highest BCUT2D eigenvalue weighted by Crippen LogP contribution is 2.49. The lowest BCUT2D eigenvalue weighted by Crippen LogP contribution is -2.45. The highest BCUT2D eigenvalue weighted by atomic mass is 32.2. The zero-order chi connectivity index (χ0) is 12.0. The van der Waals surface area contributed by atoms with E-state index < -0.39 is 6.10 Å². The molecule has 1 spiro atoms. The molecule has 1 aromatic rings. The molecule has 1 fully saturated rings. The van der Waals surface area contributed by atoms with Gasteiger partial charge in [0.05, 0.1) is 6.10 Å². The molecule has 2 aliphatic heterocycles. The van der Waals surface area contributed by atoms with Crippen molar-refractivity contribution in [2.45, 2.75) is 36.7 Å². The molecule has 0 aliphatic carbocycles. The third kappa shape index (κ3) is 1.74. The van der Waals surface area contributed by atoms with Crippen molar-refractivity contribution in [1.29, 1.82) is 0 Å². The van der Waals surface area contributed by atoms with Crippen molar-refractivity contribution in [3.63, 3.8) is 0 Å². The second kappa shape index (κ2) is 3.89. The van der Waals surface area contributed by atoms with Crippen LogP contribution in [0, 0.1) is 5.82 Å². The van der Waals surface area contributed by atoms with Gasteiger partial charge >= 0.3 is 0 Å². The maximum absolute atomic E-state index is 13.1. The quantitative estimate of drug-likeness (QED) is 0.772. The van der Waals surface area contributed by atoms with E-state index in [9.17, 15) is 9.50 Å². The normalized spacial score (nSPS) is 35.7. The topological polar surface area (TPSA) is 29.5 Å². The summed E-state index contributed by atoms with van der Waals surface area (Å²) in [6, 6.07) is 4.39. The van der Waals surface area contributed by atoms with Gasteiger partial charge in [-0.15, -0.1) is 0 Å². The second-order valence-corrected chi connectivity index (χ2v) is 6.28. The van der Waals surface area contributed by atoms with E-state index in [4.69, 9.17) is 4.74 Å². The van der Waals surface area contributed by atoms with E-state index >= 15 is 0 Å². The Balaban J connectivity index is 2.01. The van der Waals surface area contributed by atoms with Crippen LogP contribution in [-0.2, 0) is 0 Å². The number of aliphatic hydroxyl groups is 1. The van der Waals surface area contributed by atoms with Gasteiger partial charge in [-0.2, -0.15) is 11.8 Å². The van der Waals surface area contributed by atoms with Crippen LogP contribution < -0.4 is 4.74 Å². The Labute approximate surface area is 104 Å². The number of fused-ring (bicyclic) bond motifs is 1. The second-order valence-electron chi connectivity index (χ2n) is 4.83. The van der Waals surface area contributed by atoms with Crippen LogP contribution in [0.4, 0.5) is 4.39 Å². The van der Waals surface area contributed by atoms with E-state index in [1.54, 1.807) is 6.07 Å². The summed E-state index contributed by atoms with van der Waals surface area (Å²) in [5.74, 6) is 1.38. The van der Waals surface area contributed by atoms with Crippen LogP contribution in [0.2, 0.25) is 0 Å². The SMILES string of the molecule is CC1SCCC12CC(O)c1cc(F)ccc1O2. The van der Waals surface area contributed by atoms with Gasteiger partial charge in [0.1, 0.15) is 17.2 Å². The van der Waals surface area contributed by atoms with Crippen molar-refractivity contribution in [2.75, 3.05) is 5.75 Å². The van der Waals surface area contributed by atoms with Crippen LogP contribution in [0.1, 0.15) is 31.4 Å². The third-order valence-corrected chi connectivity index (χ3v) is 5.19. The molecule has 1 aromatic carbocycles. The molecule has 2 aliphatic rings. The number of rotatable bonds is 0. The van der Waals surface area contributed by atoms with Crippen LogP contribution in [0.3, 0.4) is 0 Å². The smallest absolute Gasteiger partial charge is 0.126 e. The molecule has 3 unspecified atom stereocenters. The van der Waals surface area contributed by atoms with Crippen molar-refractivity contribution in [2.24, 2.45) is 0 Å². The van der Waals surface area contributed by atoms with Crippen molar-refractivity contribution in [3.05, 3.63) is 29.6 Å². The molecule has 1 saturated heterocycles. The van der Waals surface area contributed by atoms with Crippen molar-refractivity contribution in [1.82, 2.24) is 0 Å². The maximum Gasteiger partial charge on any atom is 0.126 e. The molecule has 0 amide bonds. The van der Waals surface area contributed by atoms with Gasteiger partial charge in [0, 0.05) is 17.2 Å². The number of benzene rings is 1. The first kappa shape index (κ1) is 11.4. The van der Waals surface area contributed by atoms with Crippen LogP contribution in [0.5, 0.6) is 5.75 Å². The van der Waals surface area contributed by atoms with E-state index in [0.29, 0.717) is 23.0 Å². The average molecular weight is 254 g/mol. The minimum absolute atomic E-state index is 0.269. The molecular formula is C13H15FO2S. The largest absolute Gasteiger partial charge is 0.486 e. The molecule has 0 saturated carbocycles. The Morgan fingerprint density at radius 2 is 2.35 bits per heavy atom. The summed E-state index contributed by atoms with van der Waals surface area (Å²) in [7, 11) is 0. The van der Waals surface area contributed by atoms with Gasteiger partial charge in [0.25, 0.3) is 0 Å².